The monoisotopic (exact) mass is 296 g/mol. The van der Waals surface area contributed by atoms with Gasteiger partial charge in [0.25, 0.3) is 0 Å². The molecule has 8 heteroatoms. The summed E-state index contributed by atoms with van der Waals surface area (Å²) in [5, 5.41) is 15.2. The maximum Gasteiger partial charge on any atom is 0.317 e. The van der Waals surface area contributed by atoms with Gasteiger partial charge in [-0.15, -0.1) is 0 Å². The van der Waals surface area contributed by atoms with Crippen LogP contribution >= 0.6 is 0 Å². The summed E-state index contributed by atoms with van der Waals surface area (Å²) in [6.45, 7) is 4.94. The van der Waals surface area contributed by atoms with Crippen LogP contribution in [0.2, 0.25) is 0 Å². The lowest BCUT2D eigenvalue weighted by molar-refractivity contribution is -0.138. The zero-order valence-corrected chi connectivity index (χ0v) is 12.0. The Hall–Kier alpha value is -1.93. The van der Waals surface area contributed by atoms with Gasteiger partial charge in [0.1, 0.15) is 5.76 Å². The number of carbonyl (C=O) groups is 2. The topological polar surface area (TPSA) is 98.9 Å². The number of aromatic nitrogens is 1. The lowest BCUT2D eigenvalue weighted by atomic mass is 10.3. The Labute approximate surface area is 122 Å². The Kier molecular flexibility index (Phi) is 5.29. The fourth-order valence-corrected chi connectivity index (χ4v) is 2.34. The van der Waals surface area contributed by atoms with Crippen LogP contribution in [0.3, 0.4) is 0 Å². The van der Waals surface area contributed by atoms with Crippen molar-refractivity contribution in [2.24, 2.45) is 0 Å². The minimum atomic E-state index is -0.817. The van der Waals surface area contributed by atoms with Crippen molar-refractivity contribution in [1.29, 1.82) is 0 Å². The molecule has 1 saturated heterocycles. The molecule has 2 rings (SSSR count). The van der Waals surface area contributed by atoms with Crippen LogP contribution in [-0.2, 0) is 9.59 Å². The highest BCUT2D eigenvalue weighted by Crippen LogP contribution is 2.08. The van der Waals surface area contributed by atoms with E-state index in [2.05, 4.69) is 10.5 Å². The molecule has 0 atom stereocenters. The lowest BCUT2D eigenvalue weighted by Gasteiger charge is -2.19. The van der Waals surface area contributed by atoms with Gasteiger partial charge >= 0.3 is 5.97 Å². The van der Waals surface area contributed by atoms with E-state index in [1.54, 1.807) is 13.0 Å². The number of nitrogens with one attached hydrogen (secondary N) is 1. The molecule has 116 valence electrons. The third-order valence-electron chi connectivity index (χ3n) is 3.30. The average molecular weight is 296 g/mol. The summed E-state index contributed by atoms with van der Waals surface area (Å²) in [6, 6.07) is 1.66. The lowest BCUT2D eigenvalue weighted by Crippen LogP contribution is -2.37. The largest absolute Gasteiger partial charge is 0.480 e. The maximum atomic E-state index is 11.9. The third kappa shape index (κ3) is 5.16. The van der Waals surface area contributed by atoms with Gasteiger partial charge in [0.05, 0.1) is 13.1 Å². The number of anilines is 1. The highest BCUT2D eigenvalue weighted by Gasteiger charge is 2.18. The van der Waals surface area contributed by atoms with Gasteiger partial charge < -0.3 is 14.9 Å². The molecular weight excluding hydrogens is 276 g/mol. The van der Waals surface area contributed by atoms with E-state index in [-0.39, 0.29) is 19.0 Å². The van der Waals surface area contributed by atoms with Crippen LogP contribution in [0.5, 0.6) is 0 Å². The van der Waals surface area contributed by atoms with Crippen LogP contribution in [-0.4, -0.2) is 71.2 Å². The summed E-state index contributed by atoms with van der Waals surface area (Å²) in [5.74, 6) is 0.0989. The number of rotatable bonds is 5. The minimum Gasteiger partial charge on any atom is -0.480 e. The number of carbonyl (C=O) groups excluding carboxylic acids is 1. The van der Waals surface area contributed by atoms with Gasteiger partial charge in [0.2, 0.25) is 5.91 Å². The van der Waals surface area contributed by atoms with E-state index in [0.29, 0.717) is 24.7 Å². The SMILES string of the molecule is Cc1cc(NC(=O)CN2CCCN(CC(=O)O)CC2)no1. The van der Waals surface area contributed by atoms with Crippen LogP contribution in [0, 0.1) is 6.92 Å². The summed E-state index contributed by atoms with van der Waals surface area (Å²) in [4.78, 5) is 26.5. The van der Waals surface area contributed by atoms with Crippen molar-refractivity contribution in [1.82, 2.24) is 15.0 Å². The van der Waals surface area contributed by atoms with Gasteiger partial charge in [-0.05, 0) is 19.9 Å². The molecule has 0 aliphatic carbocycles. The molecular formula is C13H20N4O4. The molecule has 21 heavy (non-hydrogen) atoms. The van der Waals surface area contributed by atoms with Crippen LogP contribution < -0.4 is 5.32 Å². The Morgan fingerprint density at radius 3 is 2.52 bits per heavy atom. The number of aliphatic carboxylic acids is 1. The van der Waals surface area contributed by atoms with E-state index in [1.807, 2.05) is 9.80 Å². The Bertz CT molecular complexity index is 502. The molecule has 1 aliphatic rings. The molecule has 0 unspecified atom stereocenters. The molecule has 0 saturated carbocycles. The highest BCUT2D eigenvalue weighted by atomic mass is 16.5. The second-order valence-electron chi connectivity index (χ2n) is 5.17. The van der Waals surface area contributed by atoms with E-state index in [1.165, 1.54) is 0 Å². The molecule has 1 aromatic rings. The van der Waals surface area contributed by atoms with Crippen molar-refractivity contribution in [2.75, 3.05) is 44.6 Å². The average Bonchev–Trinajstić information content (AvgIpc) is 2.67. The normalized spacial score (nSPS) is 17.4. The van der Waals surface area contributed by atoms with E-state index >= 15 is 0 Å². The zero-order valence-electron chi connectivity index (χ0n) is 12.0. The molecule has 0 radical (unpaired) electrons. The van der Waals surface area contributed by atoms with Crippen molar-refractivity contribution in [3.8, 4) is 0 Å². The molecule has 2 N–H and O–H groups in total. The van der Waals surface area contributed by atoms with Crippen molar-refractivity contribution < 1.29 is 19.2 Å². The minimum absolute atomic E-state index is 0.0538. The summed E-state index contributed by atoms with van der Waals surface area (Å²) >= 11 is 0. The Morgan fingerprint density at radius 2 is 1.95 bits per heavy atom. The fraction of sp³-hybridized carbons (Fsp3) is 0.615. The second kappa shape index (κ2) is 7.19. The first kappa shape index (κ1) is 15.5. The van der Waals surface area contributed by atoms with Gasteiger partial charge in [0, 0.05) is 25.7 Å². The maximum absolute atomic E-state index is 11.9. The van der Waals surface area contributed by atoms with Crippen molar-refractivity contribution in [3.63, 3.8) is 0 Å². The first-order chi connectivity index (χ1) is 10.0. The number of amides is 1. The van der Waals surface area contributed by atoms with Crippen molar-refractivity contribution in [2.45, 2.75) is 13.3 Å². The van der Waals surface area contributed by atoms with Crippen LogP contribution in [0.4, 0.5) is 5.82 Å². The molecule has 0 bridgehead atoms. The Morgan fingerprint density at radius 1 is 1.29 bits per heavy atom. The highest BCUT2D eigenvalue weighted by molar-refractivity contribution is 5.91. The standard InChI is InChI=1S/C13H20N4O4/c1-10-7-11(15-21-10)14-12(18)8-16-3-2-4-17(6-5-16)9-13(19)20/h7H,2-6,8-9H2,1H3,(H,19,20)(H,14,15,18). The molecule has 0 spiro atoms. The van der Waals surface area contributed by atoms with E-state index in [4.69, 9.17) is 9.63 Å². The molecule has 1 aliphatic heterocycles. The number of hydrogen-bond donors (Lipinski definition) is 2. The van der Waals surface area contributed by atoms with Gasteiger partial charge in [-0.3, -0.25) is 19.4 Å². The van der Waals surface area contributed by atoms with Gasteiger partial charge in [-0.1, -0.05) is 5.16 Å². The summed E-state index contributed by atoms with van der Waals surface area (Å²) in [7, 11) is 0. The first-order valence-electron chi connectivity index (χ1n) is 6.92. The number of nitrogens with zero attached hydrogens (tertiary/aromatic N) is 3. The Balaban J connectivity index is 1.77. The van der Waals surface area contributed by atoms with Crippen molar-refractivity contribution >= 4 is 17.7 Å². The number of carboxylic acid groups (broad SMARTS) is 1. The number of hydrogen-bond acceptors (Lipinski definition) is 6. The predicted molar refractivity (Wildman–Crippen MR) is 75.0 cm³/mol. The molecule has 1 aromatic heterocycles. The van der Waals surface area contributed by atoms with E-state index < -0.39 is 5.97 Å². The smallest absolute Gasteiger partial charge is 0.317 e. The first-order valence-corrected chi connectivity index (χ1v) is 6.92. The van der Waals surface area contributed by atoms with Crippen LogP contribution in [0.25, 0.3) is 0 Å². The van der Waals surface area contributed by atoms with E-state index in [0.717, 1.165) is 19.5 Å². The number of aryl methyl sites for hydroxylation is 1. The zero-order chi connectivity index (χ0) is 15.2. The third-order valence-corrected chi connectivity index (χ3v) is 3.30. The van der Waals surface area contributed by atoms with E-state index in [9.17, 15) is 9.59 Å². The molecule has 0 aromatic carbocycles. The second-order valence-corrected chi connectivity index (χ2v) is 5.17. The van der Waals surface area contributed by atoms with Gasteiger partial charge in [-0.2, -0.15) is 0 Å². The quantitative estimate of drug-likeness (QED) is 0.790. The molecule has 2 heterocycles. The van der Waals surface area contributed by atoms with Crippen LogP contribution in [0.1, 0.15) is 12.2 Å². The predicted octanol–water partition coefficient (Wildman–Crippen LogP) is 0.0138. The molecule has 8 nitrogen and oxygen atoms in total. The molecule has 1 amide bonds. The fourth-order valence-electron chi connectivity index (χ4n) is 2.34. The van der Waals surface area contributed by atoms with Gasteiger partial charge in [0.15, 0.2) is 5.82 Å². The van der Waals surface area contributed by atoms with Crippen LogP contribution in [0.15, 0.2) is 10.6 Å². The van der Waals surface area contributed by atoms with Crippen molar-refractivity contribution in [3.05, 3.63) is 11.8 Å². The molecule has 1 fully saturated rings. The number of carboxylic acids is 1. The summed E-state index contributed by atoms with van der Waals surface area (Å²) in [6.07, 6.45) is 0.851. The van der Waals surface area contributed by atoms with Gasteiger partial charge in [-0.25, -0.2) is 0 Å². The summed E-state index contributed by atoms with van der Waals surface area (Å²) in [5.41, 5.74) is 0. The summed E-state index contributed by atoms with van der Waals surface area (Å²) < 4.78 is 4.89.